The zero-order valence-electron chi connectivity index (χ0n) is 11.3. The second-order valence-corrected chi connectivity index (χ2v) is 5.45. The highest BCUT2D eigenvalue weighted by atomic mass is 32.1. The van der Waals surface area contributed by atoms with E-state index >= 15 is 0 Å². The van der Waals surface area contributed by atoms with Gasteiger partial charge in [-0.25, -0.2) is 0 Å². The lowest BCUT2D eigenvalue weighted by molar-refractivity contribution is -0.139. The van der Waals surface area contributed by atoms with Crippen molar-refractivity contribution in [3.63, 3.8) is 0 Å². The first kappa shape index (κ1) is 13.6. The number of carbonyl (C=O) groups excluding carboxylic acids is 1. The average Bonchev–Trinajstić information content (AvgIpc) is 3.02. The van der Waals surface area contributed by atoms with Gasteiger partial charge >= 0.3 is 5.97 Å². The molecule has 0 spiro atoms. The molecule has 3 aromatic rings. The molecule has 0 atom stereocenters. The van der Waals surface area contributed by atoms with Crippen molar-refractivity contribution >= 4 is 28.3 Å². The minimum Gasteiger partial charge on any atom is -0.469 e. The molecule has 0 bridgehead atoms. The Balaban J connectivity index is 2.21. The lowest BCUT2D eigenvalue weighted by atomic mass is 10.1. The molecule has 21 heavy (non-hydrogen) atoms. The SMILES string of the molecule is COC(=O)Cc1cccc2c(=O)cc(-c3cccs3)oc12. The van der Waals surface area contributed by atoms with Gasteiger partial charge in [0.15, 0.2) is 5.43 Å². The Hall–Kier alpha value is -2.40. The third-order valence-corrected chi connectivity index (χ3v) is 4.05. The van der Waals surface area contributed by atoms with Gasteiger partial charge in [0, 0.05) is 11.6 Å². The first-order valence-electron chi connectivity index (χ1n) is 6.35. The first-order chi connectivity index (χ1) is 10.2. The van der Waals surface area contributed by atoms with Crippen molar-refractivity contribution < 1.29 is 13.9 Å². The maximum absolute atomic E-state index is 12.2. The third kappa shape index (κ3) is 2.60. The molecule has 2 aromatic heterocycles. The molecule has 0 amide bonds. The standard InChI is InChI=1S/C16H12O4S/c1-19-15(18)8-10-4-2-5-11-12(17)9-13(20-16(10)11)14-6-3-7-21-14/h2-7,9H,8H2,1H3. The summed E-state index contributed by atoms with van der Waals surface area (Å²) in [6.07, 6.45) is 0.0741. The summed E-state index contributed by atoms with van der Waals surface area (Å²) >= 11 is 1.49. The van der Waals surface area contributed by atoms with Gasteiger partial charge in [-0.15, -0.1) is 11.3 Å². The van der Waals surface area contributed by atoms with Gasteiger partial charge in [-0.05, 0) is 17.5 Å². The van der Waals surface area contributed by atoms with E-state index in [9.17, 15) is 9.59 Å². The number of rotatable bonds is 3. The van der Waals surface area contributed by atoms with Gasteiger partial charge in [0.1, 0.15) is 11.3 Å². The molecule has 0 saturated heterocycles. The highest BCUT2D eigenvalue weighted by molar-refractivity contribution is 7.13. The van der Waals surface area contributed by atoms with Gasteiger partial charge in [0.25, 0.3) is 0 Å². The van der Waals surface area contributed by atoms with Crippen molar-refractivity contribution in [1.29, 1.82) is 0 Å². The van der Waals surface area contributed by atoms with E-state index in [0.29, 0.717) is 22.3 Å². The molecule has 0 unspecified atom stereocenters. The molecule has 4 nitrogen and oxygen atoms in total. The molecule has 0 aliphatic heterocycles. The summed E-state index contributed by atoms with van der Waals surface area (Å²) in [5, 5.41) is 2.39. The number of hydrogen-bond donors (Lipinski definition) is 0. The summed E-state index contributed by atoms with van der Waals surface area (Å²) in [7, 11) is 1.33. The fourth-order valence-electron chi connectivity index (χ4n) is 2.14. The Bertz CT molecular complexity index is 846. The lowest BCUT2D eigenvalue weighted by Crippen LogP contribution is -2.07. The topological polar surface area (TPSA) is 56.5 Å². The molecular formula is C16H12O4S. The van der Waals surface area contributed by atoms with Crippen LogP contribution in [0.2, 0.25) is 0 Å². The molecule has 0 saturated carbocycles. The predicted molar refractivity (Wildman–Crippen MR) is 81.5 cm³/mol. The number of esters is 1. The average molecular weight is 300 g/mol. The van der Waals surface area contributed by atoms with E-state index in [2.05, 4.69) is 4.74 Å². The number of ether oxygens (including phenoxy) is 1. The zero-order chi connectivity index (χ0) is 14.8. The van der Waals surface area contributed by atoms with Crippen molar-refractivity contribution in [3.05, 3.63) is 57.6 Å². The number of carbonyl (C=O) groups is 1. The summed E-state index contributed by atoms with van der Waals surface area (Å²) in [5.74, 6) is 0.145. The third-order valence-electron chi connectivity index (χ3n) is 3.16. The Morgan fingerprint density at radius 2 is 2.14 bits per heavy atom. The summed E-state index contributed by atoms with van der Waals surface area (Å²) in [5.41, 5.74) is 0.972. The maximum Gasteiger partial charge on any atom is 0.310 e. The smallest absolute Gasteiger partial charge is 0.310 e. The number of benzene rings is 1. The lowest BCUT2D eigenvalue weighted by Gasteiger charge is -2.06. The molecule has 0 aliphatic rings. The highest BCUT2D eigenvalue weighted by Crippen LogP contribution is 2.27. The quantitative estimate of drug-likeness (QED) is 0.697. The number of thiophene rings is 1. The Morgan fingerprint density at radius 3 is 2.86 bits per heavy atom. The van der Waals surface area contributed by atoms with Crippen LogP contribution in [0.25, 0.3) is 21.6 Å². The summed E-state index contributed by atoms with van der Waals surface area (Å²) < 4.78 is 10.5. The van der Waals surface area contributed by atoms with E-state index in [1.54, 1.807) is 18.2 Å². The molecule has 106 valence electrons. The molecule has 0 N–H and O–H groups in total. The van der Waals surface area contributed by atoms with Crippen LogP contribution in [0.15, 0.2) is 51.0 Å². The molecule has 3 rings (SSSR count). The molecule has 1 aromatic carbocycles. The second-order valence-electron chi connectivity index (χ2n) is 4.50. The predicted octanol–water partition coefficient (Wildman–Crippen LogP) is 3.24. The minimum atomic E-state index is -0.369. The second kappa shape index (κ2) is 5.54. The highest BCUT2D eigenvalue weighted by Gasteiger charge is 2.13. The van der Waals surface area contributed by atoms with Crippen molar-refractivity contribution in [2.24, 2.45) is 0 Å². The first-order valence-corrected chi connectivity index (χ1v) is 7.23. The van der Waals surface area contributed by atoms with E-state index in [0.717, 1.165) is 4.88 Å². The normalized spacial score (nSPS) is 10.7. The van der Waals surface area contributed by atoms with Crippen LogP contribution in [-0.2, 0) is 16.0 Å². The van der Waals surface area contributed by atoms with Crippen molar-refractivity contribution in [3.8, 4) is 10.6 Å². The maximum atomic E-state index is 12.2. The van der Waals surface area contributed by atoms with Gasteiger partial charge in [-0.2, -0.15) is 0 Å². The van der Waals surface area contributed by atoms with Crippen LogP contribution >= 0.6 is 11.3 Å². The number of para-hydroxylation sites is 1. The summed E-state index contributed by atoms with van der Waals surface area (Å²) in [4.78, 5) is 24.6. The Morgan fingerprint density at radius 1 is 1.29 bits per heavy atom. The molecule has 0 radical (unpaired) electrons. The number of methoxy groups -OCH3 is 1. The van der Waals surface area contributed by atoms with E-state index in [-0.39, 0.29) is 17.8 Å². The van der Waals surface area contributed by atoms with Crippen LogP contribution < -0.4 is 5.43 Å². The van der Waals surface area contributed by atoms with Gasteiger partial charge in [-0.1, -0.05) is 18.2 Å². The van der Waals surface area contributed by atoms with Gasteiger partial charge in [0.2, 0.25) is 0 Å². The van der Waals surface area contributed by atoms with Crippen molar-refractivity contribution in [2.45, 2.75) is 6.42 Å². The Kier molecular flexibility index (Phi) is 3.58. The van der Waals surface area contributed by atoms with E-state index in [4.69, 9.17) is 4.42 Å². The fourth-order valence-corrected chi connectivity index (χ4v) is 2.82. The van der Waals surface area contributed by atoms with E-state index in [1.807, 2.05) is 17.5 Å². The van der Waals surface area contributed by atoms with Crippen LogP contribution in [0, 0.1) is 0 Å². The van der Waals surface area contributed by atoms with Gasteiger partial charge in [-0.3, -0.25) is 9.59 Å². The van der Waals surface area contributed by atoms with E-state index < -0.39 is 0 Å². The molecular weight excluding hydrogens is 288 g/mol. The Labute approximate surface area is 124 Å². The summed E-state index contributed by atoms with van der Waals surface area (Å²) in [6.45, 7) is 0. The minimum absolute atomic E-state index is 0.0741. The fraction of sp³-hybridized carbons (Fsp3) is 0.125. The van der Waals surface area contributed by atoms with Crippen molar-refractivity contribution in [2.75, 3.05) is 7.11 Å². The molecule has 5 heteroatoms. The summed E-state index contributed by atoms with van der Waals surface area (Å²) in [6, 6.07) is 10.5. The van der Waals surface area contributed by atoms with Crippen LogP contribution in [-0.4, -0.2) is 13.1 Å². The monoisotopic (exact) mass is 300 g/mol. The largest absolute Gasteiger partial charge is 0.469 e. The van der Waals surface area contributed by atoms with Gasteiger partial charge in [0.05, 0.1) is 23.8 Å². The molecule has 2 heterocycles. The van der Waals surface area contributed by atoms with Gasteiger partial charge < -0.3 is 9.15 Å². The van der Waals surface area contributed by atoms with Crippen LogP contribution in [0.5, 0.6) is 0 Å². The van der Waals surface area contributed by atoms with E-state index in [1.165, 1.54) is 24.5 Å². The van der Waals surface area contributed by atoms with Crippen molar-refractivity contribution in [1.82, 2.24) is 0 Å². The van der Waals surface area contributed by atoms with Crippen LogP contribution in [0.3, 0.4) is 0 Å². The zero-order valence-corrected chi connectivity index (χ0v) is 12.1. The molecule has 0 aliphatic carbocycles. The van der Waals surface area contributed by atoms with Crippen LogP contribution in [0.1, 0.15) is 5.56 Å². The molecule has 0 fully saturated rings. The van der Waals surface area contributed by atoms with Crippen LogP contribution in [0.4, 0.5) is 0 Å². The number of fused-ring (bicyclic) bond motifs is 1. The number of hydrogen-bond acceptors (Lipinski definition) is 5.